The molecule has 5 heteroatoms. The molecule has 0 aromatic carbocycles. The first-order valence-corrected chi connectivity index (χ1v) is 14.2. The van der Waals surface area contributed by atoms with Gasteiger partial charge in [0.1, 0.15) is 0 Å². The topological polar surface area (TPSA) is 60.7 Å². The third kappa shape index (κ3) is 18.1. The highest BCUT2D eigenvalue weighted by molar-refractivity contribution is 6.56. The van der Waals surface area contributed by atoms with E-state index in [1.807, 2.05) is 0 Å². The second-order valence-corrected chi connectivity index (χ2v) is 11.7. The molecule has 1 unspecified atom stereocenters. The van der Waals surface area contributed by atoms with Crippen molar-refractivity contribution in [1.82, 2.24) is 0 Å². The lowest BCUT2D eigenvalue weighted by Crippen LogP contribution is -2.48. The molecule has 0 saturated heterocycles. The first-order chi connectivity index (χ1) is 13.2. The van der Waals surface area contributed by atoms with Gasteiger partial charge in [0.15, 0.2) is 0 Å². The lowest BCUT2D eigenvalue weighted by atomic mass is 10.0. The third-order valence-electron chi connectivity index (χ3n) is 6.42. The standard InChI is InChI=1S/C23H52NO3Si/c1-5-6-7-8-9-10-11-12-13-14-15-16-17-18-20-23(2)24(3,4)21-19-22-28(25,26)27/h23,25-27H,5-22H2,1-4H3/q+1. The fourth-order valence-corrected chi connectivity index (χ4v) is 4.56. The maximum Gasteiger partial charge on any atom is 0.492 e. The Morgan fingerprint density at radius 2 is 1.04 bits per heavy atom. The van der Waals surface area contributed by atoms with Crippen LogP contribution in [0.2, 0.25) is 6.04 Å². The molecule has 28 heavy (non-hydrogen) atoms. The van der Waals surface area contributed by atoms with Gasteiger partial charge in [0.05, 0.1) is 26.7 Å². The molecule has 3 N–H and O–H groups in total. The van der Waals surface area contributed by atoms with Crippen LogP contribution in [-0.2, 0) is 0 Å². The van der Waals surface area contributed by atoms with Crippen molar-refractivity contribution in [1.29, 1.82) is 0 Å². The number of quaternary nitrogens is 1. The number of hydrogen-bond donors (Lipinski definition) is 3. The Morgan fingerprint density at radius 3 is 1.43 bits per heavy atom. The van der Waals surface area contributed by atoms with E-state index in [4.69, 9.17) is 14.4 Å². The first-order valence-electron chi connectivity index (χ1n) is 12.2. The molecular weight excluding hydrogens is 366 g/mol. The predicted octanol–water partition coefficient (Wildman–Crippen LogP) is 5.63. The van der Waals surface area contributed by atoms with Crippen LogP contribution in [0.3, 0.4) is 0 Å². The first kappa shape index (κ1) is 28.1. The van der Waals surface area contributed by atoms with E-state index in [-0.39, 0.29) is 6.04 Å². The lowest BCUT2D eigenvalue weighted by molar-refractivity contribution is -0.913. The van der Waals surface area contributed by atoms with Crippen molar-refractivity contribution in [2.45, 2.75) is 129 Å². The zero-order valence-corrected chi connectivity index (χ0v) is 20.6. The van der Waals surface area contributed by atoms with E-state index in [0.717, 1.165) is 11.0 Å². The summed E-state index contributed by atoms with van der Waals surface area (Å²) in [4.78, 5) is 27.4. The molecule has 0 saturated carbocycles. The summed E-state index contributed by atoms with van der Waals surface area (Å²) in [5.74, 6) is 0. The molecular formula is C23H52NO3Si+. The van der Waals surface area contributed by atoms with E-state index >= 15 is 0 Å². The van der Waals surface area contributed by atoms with Crippen molar-refractivity contribution in [3.8, 4) is 0 Å². The molecule has 0 aliphatic rings. The highest BCUT2D eigenvalue weighted by Gasteiger charge is 2.29. The Kier molecular flexibility index (Phi) is 16.8. The average molecular weight is 419 g/mol. The summed E-state index contributed by atoms with van der Waals surface area (Å²) in [6.45, 7) is 5.46. The summed E-state index contributed by atoms with van der Waals surface area (Å²) < 4.78 is 0.892. The second-order valence-electron chi connectivity index (χ2n) is 9.61. The Balaban J connectivity index is 3.47. The Labute approximate surface area is 177 Å². The van der Waals surface area contributed by atoms with Crippen LogP contribution in [0.5, 0.6) is 0 Å². The molecule has 0 rings (SSSR count). The summed E-state index contributed by atoms with van der Waals surface area (Å²) in [7, 11) is 0.560. The SMILES string of the molecule is CCCCCCCCCCCCCCCCC(C)[N+](C)(C)CCC[Si](O)(O)O. The highest BCUT2D eigenvalue weighted by atomic mass is 28.4. The molecule has 0 aliphatic heterocycles. The van der Waals surface area contributed by atoms with Crippen LogP contribution >= 0.6 is 0 Å². The second kappa shape index (κ2) is 16.8. The normalized spacial score (nSPS) is 13.8. The molecule has 0 aliphatic carbocycles. The lowest BCUT2D eigenvalue weighted by Gasteiger charge is -2.36. The van der Waals surface area contributed by atoms with Gasteiger partial charge in [-0.25, -0.2) is 0 Å². The smallest absolute Gasteiger partial charge is 0.390 e. The molecule has 0 amide bonds. The van der Waals surface area contributed by atoms with Crippen LogP contribution in [0.25, 0.3) is 0 Å². The van der Waals surface area contributed by atoms with Gasteiger partial charge in [-0.1, -0.05) is 90.4 Å². The van der Waals surface area contributed by atoms with Crippen LogP contribution in [0.15, 0.2) is 0 Å². The van der Waals surface area contributed by atoms with E-state index < -0.39 is 8.80 Å². The van der Waals surface area contributed by atoms with Gasteiger partial charge >= 0.3 is 8.80 Å². The minimum Gasteiger partial charge on any atom is -0.390 e. The minimum absolute atomic E-state index is 0.153. The summed E-state index contributed by atoms with van der Waals surface area (Å²) in [6, 6.07) is 0.727. The van der Waals surface area contributed by atoms with Crippen molar-refractivity contribution >= 4 is 8.80 Å². The zero-order valence-electron chi connectivity index (χ0n) is 19.6. The minimum atomic E-state index is -3.86. The van der Waals surface area contributed by atoms with Crippen molar-refractivity contribution in [2.75, 3.05) is 20.6 Å². The van der Waals surface area contributed by atoms with Crippen LogP contribution in [-0.4, -0.2) is 54.4 Å². The molecule has 4 nitrogen and oxygen atoms in total. The van der Waals surface area contributed by atoms with Gasteiger partial charge in [0, 0.05) is 12.5 Å². The zero-order chi connectivity index (χ0) is 21.3. The van der Waals surface area contributed by atoms with Crippen molar-refractivity contribution in [3.05, 3.63) is 0 Å². The molecule has 170 valence electrons. The van der Waals surface area contributed by atoms with E-state index in [1.54, 1.807) is 0 Å². The Morgan fingerprint density at radius 1 is 0.643 bits per heavy atom. The maximum absolute atomic E-state index is 9.14. The van der Waals surface area contributed by atoms with Crippen molar-refractivity contribution in [2.24, 2.45) is 0 Å². The van der Waals surface area contributed by atoms with Crippen LogP contribution < -0.4 is 0 Å². The van der Waals surface area contributed by atoms with Gasteiger partial charge in [-0.3, -0.25) is 0 Å². The largest absolute Gasteiger partial charge is 0.492 e. The molecule has 0 aromatic heterocycles. The summed E-state index contributed by atoms with van der Waals surface area (Å²) in [5, 5.41) is 0. The molecule has 0 heterocycles. The van der Waals surface area contributed by atoms with E-state index in [2.05, 4.69) is 27.9 Å². The van der Waals surface area contributed by atoms with Crippen LogP contribution in [0.4, 0.5) is 0 Å². The van der Waals surface area contributed by atoms with Gasteiger partial charge in [0.2, 0.25) is 0 Å². The van der Waals surface area contributed by atoms with Crippen molar-refractivity contribution < 1.29 is 18.9 Å². The van der Waals surface area contributed by atoms with Gasteiger partial charge in [-0.15, -0.1) is 0 Å². The van der Waals surface area contributed by atoms with Gasteiger partial charge < -0.3 is 18.9 Å². The molecule has 0 bridgehead atoms. The Bertz CT molecular complexity index is 345. The van der Waals surface area contributed by atoms with E-state index in [0.29, 0.717) is 12.5 Å². The Hall–Kier alpha value is 0.0569. The molecule has 1 atom stereocenters. The quantitative estimate of drug-likeness (QED) is 0.136. The monoisotopic (exact) mass is 418 g/mol. The fraction of sp³-hybridized carbons (Fsp3) is 1.00. The summed E-state index contributed by atoms with van der Waals surface area (Å²) in [6.07, 6.45) is 21.5. The number of unbranched alkanes of at least 4 members (excludes halogenated alkanes) is 13. The number of hydrogen-bond acceptors (Lipinski definition) is 3. The number of nitrogens with zero attached hydrogens (tertiary/aromatic N) is 1. The van der Waals surface area contributed by atoms with Crippen LogP contribution in [0, 0.1) is 0 Å². The van der Waals surface area contributed by atoms with E-state index in [9.17, 15) is 0 Å². The van der Waals surface area contributed by atoms with Crippen molar-refractivity contribution in [3.63, 3.8) is 0 Å². The average Bonchev–Trinajstić information content (AvgIpc) is 2.60. The predicted molar refractivity (Wildman–Crippen MR) is 123 cm³/mol. The maximum atomic E-state index is 9.14. The van der Waals surface area contributed by atoms with Gasteiger partial charge in [-0.2, -0.15) is 0 Å². The number of rotatable bonds is 20. The molecule has 0 radical (unpaired) electrons. The third-order valence-corrected chi connectivity index (χ3v) is 7.44. The molecule has 0 spiro atoms. The van der Waals surface area contributed by atoms with Gasteiger partial charge in [0.25, 0.3) is 0 Å². The summed E-state index contributed by atoms with van der Waals surface area (Å²) in [5.41, 5.74) is 0. The summed E-state index contributed by atoms with van der Waals surface area (Å²) >= 11 is 0. The highest BCUT2D eigenvalue weighted by Crippen LogP contribution is 2.18. The fourth-order valence-electron chi connectivity index (χ4n) is 3.93. The van der Waals surface area contributed by atoms with Gasteiger partial charge in [-0.05, 0) is 19.8 Å². The van der Waals surface area contributed by atoms with E-state index in [1.165, 1.54) is 96.3 Å². The van der Waals surface area contributed by atoms with Crippen LogP contribution in [0.1, 0.15) is 117 Å². The molecule has 0 fully saturated rings. The molecule has 0 aromatic rings.